The van der Waals surface area contributed by atoms with E-state index in [0.717, 1.165) is 17.9 Å². The van der Waals surface area contributed by atoms with Crippen molar-refractivity contribution in [3.05, 3.63) is 41.1 Å². The van der Waals surface area contributed by atoms with Crippen molar-refractivity contribution in [1.82, 2.24) is 0 Å². The Bertz CT molecular complexity index is 567. The number of benzene rings is 1. The van der Waals surface area contributed by atoms with Crippen molar-refractivity contribution in [2.45, 2.75) is 55.4 Å². The molecule has 2 unspecified atom stereocenters. The summed E-state index contributed by atoms with van der Waals surface area (Å²) in [7, 11) is 0. The third kappa shape index (κ3) is 2.25. The predicted molar refractivity (Wildman–Crippen MR) is 83.8 cm³/mol. The Kier molecular flexibility index (Phi) is 3.38. The average molecular weight is 304 g/mol. The fourth-order valence-corrected chi connectivity index (χ4v) is 5.16. The molecule has 4 rings (SSSR count). The van der Waals surface area contributed by atoms with Crippen LogP contribution < -0.4 is 0 Å². The summed E-state index contributed by atoms with van der Waals surface area (Å²) in [6.07, 6.45) is 8.93. The highest BCUT2D eigenvalue weighted by atomic mass is 32.2. The fourth-order valence-electron chi connectivity index (χ4n) is 4.36. The lowest BCUT2D eigenvalue weighted by Gasteiger charge is -2.64. The highest BCUT2D eigenvalue weighted by Gasteiger charge is 2.62. The molecule has 1 aromatic carbocycles. The second-order valence-corrected chi connectivity index (χ2v) is 7.74. The number of hydrogen-bond acceptors (Lipinski definition) is 2. The molecule has 0 amide bonds. The van der Waals surface area contributed by atoms with Gasteiger partial charge in [-0.05, 0) is 61.8 Å². The van der Waals surface area contributed by atoms with Crippen LogP contribution in [0.25, 0.3) is 0 Å². The Balaban J connectivity index is 1.47. The Labute approximate surface area is 130 Å². The first kappa shape index (κ1) is 13.8. The van der Waals surface area contributed by atoms with Gasteiger partial charge in [0.05, 0.1) is 12.2 Å². The van der Waals surface area contributed by atoms with Crippen LogP contribution in [-0.4, -0.2) is 12.2 Å². The third-order valence-electron chi connectivity index (χ3n) is 5.69. The van der Waals surface area contributed by atoms with E-state index in [-0.39, 0.29) is 11.4 Å². The maximum Gasteiger partial charge on any atom is 0.123 e. The standard InChI is InChI=1S/C18H21FOS/c19-15-3-5-16(6-4-15)21-12-14-7-10-17-8-1-2-9-18(17,11-14)20-13-17/h3-6,12H,1-2,7-11,13H2/b14-12+. The van der Waals surface area contributed by atoms with Gasteiger partial charge in [0.15, 0.2) is 0 Å². The fraction of sp³-hybridized carbons (Fsp3) is 0.556. The Hall–Kier alpha value is -0.800. The molecule has 1 saturated heterocycles. The molecule has 3 aliphatic rings. The van der Waals surface area contributed by atoms with E-state index in [9.17, 15) is 4.39 Å². The van der Waals surface area contributed by atoms with Crippen molar-refractivity contribution in [1.29, 1.82) is 0 Å². The van der Waals surface area contributed by atoms with Gasteiger partial charge in [-0.1, -0.05) is 30.2 Å². The maximum absolute atomic E-state index is 12.9. The van der Waals surface area contributed by atoms with Crippen LogP contribution in [0.1, 0.15) is 44.9 Å². The predicted octanol–water partition coefficient (Wildman–Crippen LogP) is 5.32. The minimum absolute atomic E-state index is 0.165. The maximum atomic E-state index is 12.9. The summed E-state index contributed by atoms with van der Waals surface area (Å²) >= 11 is 1.71. The summed E-state index contributed by atoms with van der Waals surface area (Å²) in [6.45, 7) is 0.991. The molecule has 0 spiro atoms. The zero-order valence-corrected chi connectivity index (χ0v) is 13.1. The van der Waals surface area contributed by atoms with Gasteiger partial charge in [0, 0.05) is 10.3 Å². The summed E-state index contributed by atoms with van der Waals surface area (Å²) in [6, 6.07) is 6.76. The largest absolute Gasteiger partial charge is 0.373 e. The van der Waals surface area contributed by atoms with Crippen LogP contribution in [-0.2, 0) is 4.74 Å². The molecule has 1 aromatic rings. The molecule has 112 valence electrons. The second kappa shape index (κ2) is 5.13. The molecule has 0 bridgehead atoms. The highest BCUT2D eigenvalue weighted by molar-refractivity contribution is 8.02. The molecular weight excluding hydrogens is 283 g/mol. The minimum atomic E-state index is -0.168. The van der Waals surface area contributed by atoms with Crippen LogP contribution in [0.4, 0.5) is 4.39 Å². The second-order valence-electron chi connectivity index (χ2n) is 6.80. The van der Waals surface area contributed by atoms with Gasteiger partial charge in [-0.15, -0.1) is 0 Å². The van der Waals surface area contributed by atoms with Crippen molar-refractivity contribution in [2.24, 2.45) is 5.41 Å². The van der Waals surface area contributed by atoms with Gasteiger partial charge in [-0.3, -0.25) is 0 Å². The molecule has 0 N–H and O–H groups in total. The first-order valence-electron chi connectivity index (χ1n) is 7.96. The van der Waals surface area contributed by atoms with Crippen LogP contribution in [0.5, 0.6) is 0 Å². The van der Waals surface area contributed by atoms with E-state index in [1.807, 2.05) is 12.1 Å². The van der Waals surface area contributed by atoms with Crippen LogP contribution in [0.15, 0.2) is 40.1 Å². The Morgan fingerprint density at radius 2 is 1.90 bits per heavy atom. The molecule has 1 aliphatic heterocycles. The molecular formula is C18H21FOS. The van der Waals surface area contributed by atoms with E-state index in [2.05, 4.69) is 5.41 Å². The number of rotatable bonds is 2. The van der Waals surface area contributed by atoms with E-state index < -0.39 is 0 Å². The summed E-state index contributed by atoms with van der Waals surface area (Å²) in [4.78, 5) is 1.11. The van der Waals surface area contributed by atoms with E-state index in [1.165, 1.54) is 56.2 Å². The first-order valence-corrected chi connectivity index (χ1v) is 8.84. The van der Waals surface area contributed by atoms with E-state index in [1.54, 1.807) is 11.8 Å². The van der Waals surface area contributed by atoms with Gasteiger partial charge >= 0.3 is 0 Å². The smallest absolute Gasteiger partial charge is 0.123 e. The van der Waals surface area contributed by atoms with E-state index in [0.29, 0.717) is 5.41 Å². The lowest BCUT2D eigenvalue weighted by molar-refractivity contribution is -0.295. The van der Waals surface area contributed by atoms with E-state index in [4.69, 9.17) is 4.74 Å². The molecule has 0 radical (unpaired) electrons. The number of halogens is 1. The summed E-state index contributed by atoms with van der Waals surface area (Å²) in [5.74, 6) is -0.168. The Morgan fingerprint density at radius 1 is 1.10 bits per heavy atom. The molecule has 2 aliphatic carbocycles. The third-order valence-corrected chi connectivity index (χ3v) is 6.69. The molecule has 3 fully saturated rings. The molecule has 2 atom stereocenters. The van der Waals surface area contributed by atoms with E-state index >= 15 is 0 Å². The van der Waals surface area contributed by atoms with Crippen molar-refractivity contribution in [3.8, 4) is 0 Å². The van der Waals surface area contributed by atoms with Crippen molar-refractivity contribution in [2.75, 3.05) is 6.61 Å². The summed E-state index contributed by atoms with van der Waals surface area (Å²) < 4.78 is 19.0. The van der Waals surface area contributed by atoms with Gasteiger partial charge in [-0.25, -0.2) is 4.39 Å². The molecule has 2 saturated carbocycles. The summed E-state index contributed by atoms with van der Waals surface area (Å²) in [5.41, 5.74) is 2.18. The van der Waals surface area contributed by atoms with Crippen molar-refractivity contribution >= 4 is 11.8 Å². The zero-order chi connectivity index (χ0) is 14.3. The Morgan fingerprint density at radius 3 is 2.67 bits per heavy atom. The number of hydrogen-bond donors (Lipinski definition) is 0. The minimum Gasteiger partial charge on any atom is -0.373 e. The molecule has 1 heterocycles. The van der Waals surface area contributed by atoms with Crippen LogP contribution in [0, 0.1) is 11.2 Å². The SMILES string of the molecule is Fc1ccc(S/C=C2\CCC34CCCCC3(C2)OC4)cc1. The number of thioether (sulfide) groups is 1. The summed E-state index contributed by atoms with van der Waals surface area (Å²) in [5, 5.41) is 2.28. The number of ether oxygens (including phenoxy) is 1. The van der Waals surface area contributed by atoms with Gasteiger partial charge in [0.2, 0.25) is 0 Å². The molecule has 0 aromatic heterocycles. The van der Waals surface area contributed by atoms with Gasteiger partial charge in [0.1, 0.15) is 5.82 Å². The monoisotopic (exact) mass is 304 g/mol. The zero-order valence-electron chi connectivity index (χ0n) is 12.2. The molecule has 1 nitrogen and oxygen atoms in total. The van der Waals surface area contributed by atoms with Gasteiger partial charge in [-0.2, -0.15) is 0 Å². The average Bonchev–Trinajstić information content (AvgIpc) is 2.49. The normalized spacial score (nSPS) is 36.7. The highest BCUT2D eigenvalue weighted by Crippen LogP contribution is 2.62. The van der Waals surface area contributed by atoms with Gasteiger partial charge in [0.25, 0.3) is 0 Å². The first-order chi connectivity index (χ1) is 10.2. The topological polar surface area (TPSA) is 9.23 Å². The molecule has 3 heteroatoms. The van der Waals surface area contributed by atoms with Crippen molar-refractivity contribution in [3.63, 3.8) is 0 Å². The lowest BCUT2D eigenvalue weighted by Crippen LogP contribution is -2.66. The van der Waals surface area contributed by atoms with Crippen molar-refractivity contribution < 1.29 is 9.13 Å². The quantitative estimate of drug-likeness (QED) is 0.684. The lowest BCUT2D eigenvalue weighted by atomic mass is 9.53. The van der Waals surface area contributed by atoms with Gasteiger partial charge < -0.3 is 4.74 Å². The van der Waals surface area contributed by atoms with Crippen LogP contribution >= 0.6 is 11.8 Å². The molecule has 21 heavy (non-hydrogen) atoms. The van der Waals surface area contributed by atoms with Crippen LogP contribution in [0.2, 0.25) is 0 Å². The van der Waals surface area contributed by atoms with Crippen LogP contribution in [0.3, 0.4) is 0 Å².